The summed E-state index contributed by atoms with van der Waals surface area (Å²) in [4.78, 5) is 15.1. The molecule has 1 aliphatic heterocycles. The smallest absolute Gasteiger partial charge is 0.356 e. The molecular formula is C26H23Cl2N5O4. The molecule has 2 unspecified atom stereocenters. The molecule has 5 rings (SSSR count). The minimum atomic E-state index is -1.13. The van der Waals surface area contributed by atoms with E-state index in [4.69, 9.17) is 42.9 Å². The van der Waals surface area contributed by atoms with Gasteiger partial charge in [-0.1, -0.05) is 23.2 Å². The molecule has 4 heterocycles. The van der Waals surface area contributed by atoms with Crippen molar-refractivity contribution in [2.45, 2.75) is 38.5 Å². The summed E-state index contributed by atoms with van der Waals surface area (Å²) in [7, 11) is 0. The van der Waals surface area contributed by atoms with Crippen LogP contribution < -0.4 is 4.74 Å². The van der Waals surface area contributed by atoms with Crippen molar-refractivity contribution in [2.75, 3.05) is 6.61 Å². The Morgan fingerprint density at radius 1 is 1.16 bits per heavy atom. The standard InChI is InChI=1S/C26H23Cl2N5O4/c1-15(25-19(27)13-29-14-20(25)28)37-17-7-10-23-18(12-17)21(32-33(23)24-4-2-3-11-36-24)8-5-16-6-9-22(26(34)35)31-30-16/h5-10,12-15,24H,2-4,11H2,1H3,(H,34,35)/b8-5+. The Balaban J connectivity index is 1.50. The van der Waals surface area contributed by atoms with E-state index in [1.54, 1.807) is 12.1 Å². The molecule has 1 aromatic carbocycles. The molecule has 37 heavy (non-hydrogen) atoms. The SMILES string of the molecule is CC(Oc1ccc2c(c1)c(/C=C/c1ccc(C(=O)O)nn1)nn2C1CCCCO1)c1c(Cl)cncc1Cl. The van der Waals surface area contributed by atoms with Gasteiger partial charge in [-0.2, -0.15) is 10.2 Å². The van der Waals surface area contributed by atoms with E-state index < -0.39 is 12.1 Å². The lowest BCUT2D eigenvalue weighted by molar-refractivity contribution is -0.0367. The Labute approximate surface area is 222 Å². The van der Waals surface area contributed by atoms with Crippen molar-refractivity contribution in [1.29, 1.82) is 0 Å². The van der Waals surface area contributed by atoms with Gasteiger partial charge in [0.15, 0.2) is 11.9 Å². The van der Waals surface area contributed by atoms with Crippen molar-refractivity contribution >= 4 is 52.2 Å². The van der Waals surface area contributed by atoms with E-state index in [0.717, 1.165) is 30.2 Å². The first kappa shape index (κ1) is 25.1. The van der Waals surface area contributed by atoms with Crippen molar-refractivity contribution in [3.05, 3.63) is 75.4 Å². The first-order valence-electron chi connectivity index (χ1n) is 11.7. The van der Waals surface area contributed by atoms with E-state index in [9.17, 15) is 4.79 Å². The highest BCUT2D eigenvalue weighted by molar-refractivity contribution is 6.35. The number of nitrogens with zero attached hydrogens (tertiary/aromatic N) is 5. The maximum absolute atomic E-state index is 11.1. The zero-order valence-corrected chi connectivity index (χ0v) is 21.4. The highest BCUT2D eigenvalue weighted by Gasteiger charge is 2.22. The number of hydrogen-bond acceptors (Lipinski definition) is 7. The van der Waals surface area contributed by atoms with Crippen LogP contribution in [0, 0.1) is 0 Å². The first-order valence-corrected chi connectivity index (χ1v) is 12.5. The fraction of sp³-hybridized carbons (Fsp3) is 0.269. The number of carbonyl (C=O) groups is 1. The number of pyridine rings is 1. The summed E-state index contributed by atoms with van der Waals surface area (Å²) in [5.74, 6) is -0.510. The molecule has 1 fully saturated rings. The number of benzene rings is 1. The molecule has 0 radical (unpaired) electrons. The molecule has 0 saturated carbocycles. The van der Waals surface area contributed by atoms with Gasteiger partial charge in [-0.15, -0.1) is 5.10 Å². The highest BCUT2D eigenvalue weighted by Crippen LogP contribution is 2.35. The Hall–Kier alpha value is -3.53. The fourth-order valence-electron chi connectivity index (χ4n) is 4.26. The number of carboxylic acid groups (broad SMARTS) is 1. The zero-order valence-electron chi connectivity index (χ0n) is 19.8. The number of hydrogen-bond donors (Lipinski definition) is 1. The number of halogens is 2. The van der Waals surface area contributed by atoms with Gasteiger partial charge < -0.3 is 14.6 Å². The molecule has 9 nitrogen and oxygen atoms in total. The second-order valence-electron chi connectivity index (χ2n) is 8.59. The van der Waals surface area contributed by atoms with E-state index in [0.29, 0.717) is 39.4 Å². The predicted octanol–water partition coefficient (Wildman–Crippen LogP) is 6.24. The van der Waals surface area contributed by atoms with Crippen molar-refractivity contribution in [3.8, 4) is 5.75 Å². The van der Waals surface area contributed by atoms with Crippen molar-refractivity contribution in [2.24, 2.45) is 0 Å². The molecule has 0 aliphatic carbocycles. The van der Waals surface area contributed by atoms with Crippen LogP contribution in [0.25, 0.3) is 23.1 Å². The van der Waals surface area contributed by atoms with Gasteiger partial charge in [-0.3, -0.25) is 4.98 Å². The number of ether oxygens (including phenoxy) is 2. The number of fused-ring (bicyclic) bond motifs is 1. The van der Waals surface area contributed by atoms with E-state index in [2.05, 4.69) is 15.2 Å². The summed E-state index contributed by atoms with van der Waals surface area (Å²) in [6, 6.07) is 8.75. The van der Waals surface area contributed by atoms with Gasteiger partial charge in [0, 0.05) is 30.0 Å². The van der Waals surface area contributed by atoms with Crippen LogP contribution in [0.1, 0.15) is 66.0 Å². The number of aromatic carboxylic acids is 1. The number of rotatable bonds is 7. The molecule has 0 spiro atoms. The summed E-state index contributed by atoms with van der Waals surface area (Å²) in [6.45, 7) is 2.56. The van der Waals surface area contributed by atoms with Crippen LogP contribution in [0.15, 0.2) is 42.7 Å². The predicted molar refractivity (Wildman–Crippen MR) is 140 cm³/mol. The Kier molecular flexibility index (Phi) is 7.36. The van der Waals surface area contributed by atoms with E-state index >= 15 is 0 Å². The third-order valence-electron chi connectivity index (χ3n) is 6.06. The number of carboxylic acids is 1. The molecule has 3 aromatic heterocycles. The van der Waals surface area contributed by atoms with Crippen LogP contribution >= 0.6 is 23.2 Å². The summed E-state index contributed by atoms with van der Waals surface area (Å²) in [5, 5.41) is 23.3. The van der Waals surface area contributed by atoms with Crippen molar-refractivity contribution in [3.63, 3.8) is 0 Å². The lowest BCUT2D eigenvalue weighted by Crippen LogP contribution is -2.19. The molecule has 1 saturated heterocycles. The van der Waals surface area contributed by atoms with Crippen LogP contribution in [0.2, 0.25) is 10.0 Å². The maximum Gasteiger partial charge on any atom is 0.356 e. The molecule has 2 atom stereocenters. The monoisotopic (exact) mass is 539 g/mol. The summed E-state index contributed by atoms with van der Waals surface area (Å²) >= 11 is 12.6. The molecular weight excluding hydrogens is 517 g/mol. The normalized spacial score (nSPS) is 16.8. The largest absolute Gasteiger partial charge is 0.486 e. The average molecular weight is 540 g/mol. The molecule has 0 bridgehead atoms. The first-order chi connectivity index (χ1) is 17.9. The second-order valence-corrected chi connectivity index (χ2v) is 9.40. The summed E-state index contributed by atoms with van der Waals surface area (Å²) in [5.41, 5.74) is 2.63. The van der Waals surface area contributed by atoms with Crippen molar-refractivity contribution < 1.29 is 19.4 Å². The topological polar surface area (TPSA) is 112 Å². The van der Waals surface area contributed by atoms with Crippen LogP contribution in [0.4, 0.5) is 0 Å². The van der Waals surface area contributed by atoms with Gasteiger partial charge in [-0.25, -0.2) is 9.48 Å². The summed E-state index contributed by atoms with van der Waals surface area (Å²) < 4.78 is 14.1. The third-order valence-corrected chi connectivity index (χ3v) is 6.66. The van der Waals surface area contributed by atoms with Gasteiger partial charge in [0.2, 0.25) is 0 Å². The zero-order chi connectivity index (χ0) is 25.9. The molecule has 1 aliphatic rings. The summed E-state index contributed by atoms with van der Waals surface area (Å²) in [6.07, 6.45) is 9.01. The van der Waals surface area contributed by atoms with Gasteiger partial charge in [0.25, 0.3) is 0 Å². The van der Waals surface area contributed by atoms with Crippen LogP contribution in [0.3, 0.4) is 0 Å². The van der Waals surface area contributed by atoms with Gasteiger partial charge in [0.05, 0.1) is 26.9 Å². The van der Waals surface area contributed by atoms with Crippen molar-refractivity contribution in [1.82, 2.24) is 25.0 Å². The molecule has 190 valence electrons. The number of aromatic nitrogens is 5. The molecule has 4 aromatic rings. The minimum absolute atomic E-state index is 0.119. The Morgan fingerprint density at radius 2 is 1.97 bits per heavy atom. The third kappa shape index (κ3) is 5.44. The van der Waals surface area contributed by atoms with E-state index in [1.807, 2.05) is 35.9 Å². The highest BCUT2D eigenvalue weighted by atomic mass is 35.5. The van der Waals surface area contributed by atoms with Gasteiger partial charge in [0.1, 0.15) is 11.9 Å². The Bertz CT molecular complexity index is 1450. The Morgan fingerprint density at radius 3 is 2.65 bits per heavy atom. The van der Waals surface area contributed by atoms with E-state index in [1.165, 1.54) is 18.5 Å². The minimum Gasteiger partial charge on any atom is -0.486 e. The quantitative estimate of drug-likeness (QED) is 0.293. The average Bonchev–Trinajstić information content (AvgIpc) is 3.26. The van der Waals surface area contributed by atoms with Crippen LogP contribution in [0.5, 0.6) is 5.75 Å². The van der Waals surface area contributed by atoms with Crippen LogP contribution in [-0.4, -0.2) is 42.6 Å². The van der Waals surface area contributed by atoms with Crippen LogP contribution in [-0.2, 0) is 4.74 Å². The van der Waals surface area contributed by atoms with E-state index in [-0.39, 0.29) is 11.9 Å². The lowest BCUT2D eigenvalue weighted by atomic mass is 10.1. The second kappa shape index (κ2) is 10.8. The molecule has 0 amide bonds. The molecule has 1 N–H and O–H groups in total. The molecule has 11 heteroatoms. The lowest BCUT2D eigenvalue weighted by Gasteiger charge is -2.23. The maximum atomic E-state index is 11.1. The van der Waals surface area contributed by atoms with Gasteiger partial charge in [-0.05, 0) is 68.7 Å². The fourth-order valence-corrected chi connectivity index (χ4v) is 4.93. The van der Waals surface area contributed by atoms with Gasteiger partial charge >= 0.3 is 5.97 Å².